The topological polar surface area (TPSA) is 119 Å². The first kappa shape index (κ1) is 50.4. The van der Waals surface area contributed by atoms with Gasteiger partial charge in [-0.2, -0.15) is 0 Å². The maximum Gasteiger partial charge on any atom is 0.326 e. The molecule has 0 radical (unpaired) electrons. The predicted molar refractivity (Wildman–Crippen MR) is 221 cm³/mol. The Bertz CT molecular complexity index is 792. The van der Waals surface area contributed by atoms with Crippen LogP contribution in [0.3, 0.4) is 0 Å². The second kappa shape index (κ2) is 40.6. The van der Waals surface area contributed by atoms with Crippen molar-refractivity contribution < 1.29 is 24.2 Å². The first-order chi connectivity index (χ1) is 25.4. The van der Waals surface area contributed by atoms with E-state index in [1.807, 2.05) is 0 Å². The fourth-order valence-electron chi connectivity index (χ4n) is 7.22. The Morgan fingerprint density at radius 2 is 0.827 bits per heavy atom. The minimum atomic E-state index is -1.000. The zero-order valence-corrected chi connectivity index (χ0v) is 34.7. The van der Waals surface area contributed by atoms with Crippen molar-refractivity contribution in [3.63, 3.8) is 0 Å². The number of carboxylic acids is 1. The number of nitrogens with one attached hydrogen (secondary N) is 1. The lowest BCUT2D eigenvalue weighted by molar-refractivity contribution is -0.150. The predicted octanol–water partition coefficient (Wildman–Crippen LogP) is 12.9. The highest BCUT2D eigenvalue weighted by atomic mass is 16.5. The van der Waals surface area contributed by atoms with Crippen molar-refractivity contribution in [2.24, 2.45) is 5.73 Å². The summed E-state index contributed by atoms with van der Waals surface area (Å²) in [4.78, 5) is 36.4. The van der Waals surface area contributed by atoms with Crippen LogP contribution in [0.5, 0.6) is 0 Å². The van der Waals surface area contributed by atoms with Crippen LogP contribution in [0.25, 0.3) is 0 Å². The fourth-order valence-corrected chi connectivity index (χ4v) is 7.22. The molecule has 52 heavy (non-hydrogen) atoms. The quantitative estimate of drug-likeness (QED) is 0.0424. The van der Waals surface area contributed by atoms with Gasteiger partial charge in [-0.1, -0.05) is 187 Å². The molecule has 0 aliphatic heterocycles. The van der Waals surface area contributed by atoms with E-state index in [9.17, 15) is 19.5 Å². The molecule has 0 heterocycles. The van der Waals surface area contributed by atoms with Gasteiger partial charge in [0.05, 0.1) is 0 Å². The minimum Gasteiger partial charge on any atom is -0.480 e. The maximum absolute atomic E-state index is 12.8. The molecule has 0 saturated carbocycles. The molecule has 0 aromatic heterocycles. The van der Waals surface area contributed by atoms with Gasteiger partial charge >= 0.3 is 11.9 Å². The van der Waals surface area contributed by atoms with Crippen LogP contribution >= 0.6 is 0 Å². The van der Waals surface area contributed by atoms with E-state index in [2.05, 4.69) is 19.2 Å². The van der Waals surface area contributed by atoms with Crippen molar-refractivity contribution in [3.05, 3.63) is 0 Å². The molecule has 0 aromatic carbocycles. The molecule has 0 rings (SSSR count). The first-order valence-electron chi connectivity index (χ1n) is 22.9. The molecule has 4 N–H and O–H groups in total. The highest BCUT2D eigenvalue weighted by Crippen LogP contribution is 2.19. The Balaban J connectivity index is 4.28. The molecule has 2 atom stereocenters. The summed E-state index contributed by atoms with van der Waals surface area (Å²) < 4.78 is 6.06. The number of ether oxygens (including phenoxy) is 1. The monoisotopic (exact) mass is 737 g/mol. The van der Waals surface area contributed by atoms with Crippen molar-refractivity contribution in [2.75, 3.05) is 6.54 Å². The molecule has 0 aliphatic carbocycles. The number of hydrogen-bond donors (Lipinski definition) is 3. The van der Waals surface area contributed by atoms with Crippen LogP contribution in [-0.2, 0) is 19.1 Å². The third-order valence-corrected chi connectivity index (χ3v) is 10.7. The molecule has 0 saturated heterocycles. The van der Waals surface area contributed by atoms with Crippen LogP contribution in [0.2, 0.25) is 0 Å². The van der Waals surface area contributed by atoms with Crippen molar-refractivity contribution >= 4 is 17.8 Å². The van der Waals surface area contributed by atoms with Gasteiger partial charge in [0.1, 0.15) is 12.1 Å². The van der Waals surface area contributed by atoms with Gasteiger partial charge in [-0.25, -0.2) is 4.79 Å². The molecule has 308 valence electrons. The number of esters is 1. The Labute approximate surface area is 322 Å². The highest BCUT2D eigenvalue weighted by molar-refractivity contribution is 5.83. The second-order valence-corrected chi connectivity index (χ2v) is 15.8. The lowest BCUT2D eigenvalue weighted by atomic mass is 10.0. The Kier molecular flexibility index (Phi) is 39.3. The molecular formula is C45H88N2O5. The van der Waals surface area contributed by atoms with Gasteiger partial charge in [0.15, 0.2) is 0 Å². The molecule has 0 aromatic rings. The van der Waals surface area contributed by atoms with E-state index in [-0.39, 0.29) is 18.0 Å². The fraction of sp³-hybridized carbons (Fsp3) is 0.933. The van der Waals surface area contributed by atoms with Gasteiger partial charge in [0.25, 0.3) is 0 Å². The summed E-state index contributed by atoms with van der Waals surface area (Å²) in [6.07, 6.45) is 42.9. The number of nitrogens with two attached hydrogens (primary N) is 1. The Hall–Kier alpha value is -1.63. The molecule has 7 heteroatoms. The van der Waals surface area contributed by atoms with Crippen LogP contribution in [0.4, 0.5) is 0 Å². The molecule has 0 fully saturated rings. The van der Waals surface area contributed by atoms with Gasteiger partial charge in [-0.3, -0.25) is 9.59 Å². The van der Waals surface area contributed by atoms with Crippen molar-refractivity contribution in [1.29, 1.82) is 0 Å². The van der Waals surface area contributed by atoms with E-state index < -0.39 is 12.0 Å². The van der Waals surface area contributed by atoms with Crippen LogP contribution in [0.1, 0.15) is 251 Å². The number of unbranched alkanes of at least 4 members (excludes halogenated alkanes) is 28. The van der Waals surface area contributed by atoms with E-state index >= 15 is 0 Å². The van der Waals surface area contributed by atoms with E-state index in [1.165, 1.54) is 148 Å². The average Bonchev–Trinajstić information content (AvgIpc) is 3.13. The number of aliphatic carboxylic acids is 1. The number of carbonyl (C=O) groups excluding carboxylic acids is 2. The number of hydrogen-bond acceptors (Lipinski definition) is 5. The summed E-state index contributed by atoms with van der Waals surface area (Å²) in [6.45, 7) is 4.96. The van der Waals surface area contributed by atoms with E-state index in [0.717, 1.165) is 64.2 Å². The molecule has 7 nitrogen and oxygen atoms in total. The van der Waals surface area contributed by atoms with Gasteiger partial charge < -0.3 is 20.9 Å². The van der Waals surface area contributed by atoms with Crippen LogP contribution in [-0.4, -0.2) is 41.6 Å². The first-order valence-corrected chi connectivity index (χ1v) is 22.9. The number of carbonyl (C=O) groups is 3. The smallest absolute Gasteiger partial charge is 0.326 e. The molecule has 0 spiro atoms. The largest absolute Gasteiger partial charge is 0.480 e. The van der Waals surface area contributed by atoms with E-state index in [4.69, 9.17) is 10.5 Å². The summed E-state index contributed by atoms with van der Waals surface area (Å²) in [7, 11) is 0. The van der Waals surface area contributed by atoms with Crippen molar-refractivity contribution in [2.45, 2.75) is 264 Å². The summed E-state index contributed by atoms with van der Waals surface area (Å²) in [5, 5.41) is 11.9. The van der Waals surface area contributed by atoms with E-state index in [0.29, 0.717) is 32.2 Å². The Morgan fingerprint density at radius 1 is 0.481 bits per heavy atom. The van der Waals surface area contributed by atoms with Gasteiger partial charge in [-0.05, 0) is 57.9 Å². The van der Waals surface area contributed by atoms with Crippen molar-refractivity contribution in [1.82, 2.24) is 5.32 Å². The maximum atomic E-state index is 12.8. The molecule has 0 aliphatic rings. The number of rotatable bonds is 42. The lowest BCUT2D eigenvalue weighted by Crippen LogP contribution is -2.40. The van der Waals surface area contributed by atoms with Crippen LogP contribution in [0.15, 0.2) is 0 Å². The van der Waals surface area contributed by atoms with Crippen LogP contribution < -0.4 is 11.1 Å². The summed E-state index contributed by atoms with van der Waals surface area (Å²) in [6, 6.07) is -0.852. The zero-order chi connectivity index (χ0) is 38.2. The standard InChI is InChI=1S/C45H88N2O5/c1-3-5-7-9-11-13-15-16-17-18-20-21-23-26-30-35-41(52-44(49)39-33-29-24-22-19-14-12-10-8-6-4-2)36-31-27-25-28-32-38-43(48)47-42(45(50)51)37-34-40-46/h41-42H,3-40,46H2,1-2H3,(H,47,48)(H,50,51). The van der Waals surface area contributed by atoms with Gasteiger partial charge in [-0.15, -0.1) is 0 Å². The molecule has 1 amide bonds. The second-order valence-electron chi connectivity index (χ2n) is 15.8. The summed E-state index contributed by atoms with van der Waals surface area (Å²) >= 11 is 0. The van der Waals surface area contributed by atoms with Crippen LogP contribution in [0, 0.1) is 0 Å². The SMILES string of the molecule is CCCCCCCCCCCCCCCCCC(CCCCCCCC(=O)NC(CCCN)C(=O)O)OC(=O)CCCCCCCCCCCCC. The van der Waals surface area contributed by atoms with E-state index in [1.54, 1.807) is 0 Å². The van der Waals surface area contributed by atoms with Gasteiger partial charge in [0.2, 0.25) is 5.91 Å². The average molecular weight is 737 g/mol. The molecule has 0 bridgehead atoms. The third kappa shape index (κ3) is 36.7. The van der Waals surface area contributed by atoms with Gasteiger partial charge in [0, 0.05) is 12.8 Å². The molecule has 2 unspecified atom stereocenters. The zero-order valence-electron chi connectivity index (χ0n) is 34.7. The highest BCUT2D eigenvalue weighted by Gasteiger charge is 2.19. The lowest BCUT2D eigenvalue weighted by Gasteiger charge is -2.18. The Morgan fingerprint density at radius 3 is 1.19 bits per heavy atom. The summed E-state index contributed by atoms with van der Waals surface area (Å²) in [5.74, 6) is -1.21. The minimum absolute atomic E-state index is 0.0148. The van der Waals surface area contributed by atoms with Crippen molar-refractivity contribution in [3.8, 4) is 0 Å². The molecular weight excluding hydrogens is 649 g/mol. The summed E-state index contributed by atoms with van der Waals surface area (Å²) in [5.41, 5.74) is 5.49. The normalized spacial score (nSPS) is 12.5. The number of amides is 1. The number of carboxylic acid groups (broad SMARTS) is 1. The third-order valence-electron chi connectivity index (χ3n) is 10.7.